The Labute approximate surface area is 211 Å². The summed E-state index contributed by atoms with van der Waals surface area (Å²) >= 11 is 0. The lowest BCUT2D eigenvalue weighted by atomic mass is 9.65. The summed E-state index contributed by atoms with van der Waals surface area (Å²) in [7, 11) is 0. The first-order chi connectivity index (χ1) is 17.4. The van der Waals surface area contributed by atoms with Crippen molar-refractivity contribution in [3.05, 3.63) is 156 Å². The van der Waals surface area contributed by atoms with Crippen LogP contribution in [0.1, 0.15) is 35.1 Å². The smallest absolute Gasteiger partial charge is 0.318 e. The summed E-state index contributed by atoms with van der Waals surface area (Å²) < 4.78 is 0. The minimum atomic E-state index is -1.42. The standard InChI is InChI=1S/C32H28O4/c1-24(22-31(29(33)34,25-14-6-2-7-15-25)26-16-8-3-9-17-26)23-32(30(35)36,27-18-10-4-11-19-27)28-20-12-5-13-21-28/h2-21H,1,22-23H2,(H,33,34)(H,35,36). The second-order valence-electron chi connectivity index (χ2n) is 8.99. The van der Waals surface area contributed by atoms with Gasteiger partial charge in [0.15, 0.2) is 0 Å². The van der Waals surface area contributed by atoms with Gasteiger partial charge in [-0.2, -0.15) is 0 Å². The van der Waals surface area contributed by atoms with Crippen LogP contribution >= 0.6 is 0 Å². The summed E-state index contributed by atoms with van der Waals surface area (Å²) in [6.07, 6.45) is 0.0934. The second-order valence-corrected chi connectivity index (χ2v) is 8.99. The fourth-order valence-electron chi connectivity index (χ4n) is 5.09. The third-order valence-electron chi connectivity index (χ3n) is 6.83. The van der Waals surface area contributed by atoms with Gasteiger partial charge in [-0.3, -0.25) is 9.59 Å². The molecule has 0 atom stereocenters. The highest BCUT2D eigenvalue weighted by molar-refractivity contribution is 5.88. The molecule has 0 unspecified atom stereocenters. The Morgan fingerprint density at radius 3 is 0.917 bits per heavy atom. The zero-order chi connectivity index (χ0) is 25.6. The lowest BCUT2D eigenvalue weighted by molar-refractivity contribution is -0.142. The molecule has 0 bridgehead atoms. The molecular formula is C32H28O4. The molecule has 0 spiro atoms. The molecule has 0 fully saturated rings. The maximum absolute atomic E-state index is 13.0. The highest BCUT2D eigenvalue weighted by Gasteiger charge is 2.46. The SMILES string of the molecule is C=C(CC(C(=O)O)(c1ccccc1)c1ccccc1)CC(C(=O)O)(c1ccccc1)c1ccccc1. The first kappa shape index (κ1) is 24.7. The Kier molecular flexibility index (Phi) is 7.16. The summed E-state index contributed by atoms with van der Waals surface area (Å²) in [6.45, 7) is 4.26. The fourth-order valence-corrected chi connectivity index (χ4v) is 5.09. The summed E-state index contributed by atoms with van der Waals surface area (Å²) in [6, 6.07) is 36.3. The molecule has 4 aromatic carbocycles. The Hall–Kier alpha value is -4.44. The number of benzene rings is 4. The number of carboxylic acids is 2. The molecule has 0 radical (unpaired) electrons. The van der Waals surface area contributed by atoms with Crippen molar-refractivity contribution in [1.82, 2.24) is 0 Å². The van der Waals surface area contributed by atoms with Crippen LogP contribution in [0.3, 0.4) is 0 Å². The van der Waals surface area contributed by atoms with Gasteiger partial charge in [-0.1, -0.05) is 133 Å². The summed E-state index contributed by atoms with van der Waals surface area (Å²) in [5, 5.41) is 21.3. The minimum Gasteiger partial charge on any atom is -0.480 e. The number of hydrogen-bond acceptors (Lipinski definition) is 2. The number of carboxylic acid groups (broad SMARTS) is 2. The van der Waals surface area contributed by atoms with Crippen LogP contribution in [0.15, 0.2) is 133 Å². The molecule has 2 N–H and O–H groups in total. The molecule has 4 heteroatoms. The number of aliphatic carboxylic acids is 2. The molecule has 36 heavy (non-hydrogen) atoms. The van der Waals surface area contributed by atoms with Crippen LogP contribution in [0.25, 0.3) is 0 Å². The van der Waals surface area contributed by atoms with E-state index in [9.17, 15) is 19.8 Å². The van der Waals surface area contributed by atoms with Gasteiger partial charge in [-0.05, 0) is 35.1 Å². The molecule has 0 saturated heterocycles. The van der Waals surface area contributed by atoms with Crippen LogP contribution in [0.5, 0.6) is 0 Å². The molecule has 0 aliphatic carbocycles. The van der Waals surface area contributed by atoms with E-state index in [1.54, 1.807) is 48.5 Å². The van der Waals surface area contributed by atoms with Crippen LogP contribution in [0.4, 0.5) is 0 Å². The van der Waals surface area contributed by atoms with Crippen molar-refractivity contribution in [1.29, 1.82) is 0 Å². The Bertz CT molecular complexity index is 1150. The lowest BCUT2D eigenvalue weighted by Gasteiger charge is -2.35. The van der Waals surface area contributed by atoms with Crippen molar-refractivity contribution in [2.75, 3.05) is 0 Å². The summed E-state index contributed by atoms with van der Waals surface area (Å²) in [5.41, 5.74) is 0.153. The number of hydrogen-bond donors (Lipinski definition) is 2. The Morgan fingerprint density at radius 1 is 0.500 bits per heavy atom. The van der Waals surface area contributed by atoms with Gasteiger partial charge in [0.05, 0.1) is 0 Å². The fraction of sp³-hybridized carbons (Fsp3) is 0.125. The molecule has 4 nitrogen and oxygen atoms in total. The lowest BCUT2D eigenvalue weighted by Crippen LogP contribution is -2.41. The first-order valence-corrected chi connectivity index (χ1v) is 11.8. The van der Waals surface area contributed by atoms with Gasteiger partial charge in [0.25, 0.3) is 0 Å². The minimum absolute atomic E-state index is 0.0467. The number of rotatable bonds is 10. The molecule has 0 aliphatic heterocycles. The number of allylic oxidation sites excluding steroid dienone is 1. The first-order valence-electron chi connectivity index (χ1n) is 11.8. The molecule has 180 valence electrons. The normalized spacial score (nSPS) is 11.6. The predicted molar refractivity (Wildman–Crippen MR) is 141 cm³/mol. The van der Waals surface area contributed by atoms with Crippen molar-refractivity contribution in [3.8, 4) is 0 Å². The van der Waals surface area contributed by atoms with Crippen molar-refractivity contribution >= 4 is 11.9 Å². The molecule has 0 aromatic heterocycles. The Morgan fingerprint density at radius 2 is 0.722 bits per heavy atom. The van der Waals surface area contributed by atoms with E-state index in [1.165, 1.54) is 0 Å². The van der Waals surface area contributed by atoms with Gasteiger partial charge in [0.2, 0.25) is 0 Å². The van der Waals surface area contributed by atoms with Crippen molar-refractivity contribution in [2.24, 2.45) is 0 Å². The predicted octanol–water partition coefficient (Wildman–Crippen LogP) is 6.46. The van der Waals surface area contributed by atoms with E-state index in [-0.39, 0.29) is 12.8 Å². The van der Waals surface area contributed by atoms with E-state index in [0.717, 1.165) is 0 Å². The third kappa shape index (κ3) is 4.46. The molecule has 0 aliphatic rings. The van der Waals surface area contributed by atoms with Crippen LogP contribution in [-0.2, 0) is 20.4 Å². The third-order valence-corrected chi connectivity index (χ3v) is 6.83. The molecule has 4 aromatic rings. The maximum atomic E-state index is 13.0. The van der Waals surface area contributed by atoms with Gasteiger partial charge >= 0.3 is 11.9 Å². The second kappa shape index (κ2) is 10.4. The van der Waals surface area contributed by atoms with Crippen molar-refractivity contribution in [2.45, 2.75) is 23.7 Å². The largest absolute Gasteiger partial charge is 0.480 e. The maximum Gasteiger partial charge on any atom is 0.318 e. The van der Waals surface area contributed by atoms with Crippen LogP contribution in [-0.4, -0.2) is 22.2 Å². The molecule has 0 amide bonds. The molecule has 0 saturated carbocycles. The average Bonchev–Trinajstić information content (AvgIpc) is 2.92. The van der Waals surface area contributed by atoms with Gasteiger partial charge in [0, 0.05) is 0 Å². The quantitative estimate of drug-likeness (QED) is 0.258. The average molecular weight is 477 g/mol. The highest BCUT2D eigenvalue weighted by Crippen LogP contribution is 2.44. The monoisotopic (exact) mass is 476 g/mol. The molecular weight excluding hydrogens is 448 g/mol. The highest BCUT2D eigenvalue weighted by atomic mass is 16.4. The van der Waals surface area contributed by atoms with Gasteiger partial charge in [-0.25, -0.2) is 0 Å². The topological polar surface area (TPSA) is 74.6 Å². The van der Waals surface area contributed by atoms with E-state index in [4.69, 9.17) is 0 Å². The molecule has 4 rings (SSSR count). The van der Waals surface area contributed by atoms with Crippen LogP contribution < -0.4 is 0 Å². The van der Waals surface area contributed by atoms with E-state index in [1.807, 2.05) is 72.8 Å². The van der Waals surface area contributed by atoms with Crippen molar-refractivity contribution < 1.29 is 19.8 Å². The Balaban J connectivity index is 1.85. The van der Waals surface area contributed by atoms with E-state index in [0.29, 0.717) is 27.8 Å². The summed E-state index contributed by atoms with van der Waals surface area (Å²) in [4.78, 5) is 26.1. The van der Waals surface area contributed by atoms with E-state index >= 15 is 0 Å². The van der Waals surface area contributed by atoms with Gasteiger partial charge < -0.3 is 10.2 Å². The zero-order valence-electron chi connectivity index (χ0n) is 19.9. The number of carbonyl (C=O) groups is 2. The van der Waals surface area contributed by atoms with Crippen molar-refractivity contribution in [3.63, 3.8) is 0 Å². The van der Waals surface area contributed by atoms with Gasteiger partial charge in [-0.15, -0.1) is 0 Å². The van der Waals surface area contributed by atoms with Crippen LogP contribution in [0.2, 0.25) is 0 Å². The summed E-state index contributed by atoms with van der Waals surface area (Å²) in [5.74, 6) is -2.03. The molecule has 0 heterocycles. The zero-order valence-corrected chi connectivity index (χ0v) is 19.9. The van der Waals surface area contributed by atoms with Gasteiger partial charge in [0.1, 0.15) is 10.8 Å². The van der Waals surface area contributed by atoms with E-state index in [2.05, 4.69) is 6.58 Å². The van der Waals surface area contributed by atoms with E-state index < -0.39 is 22.8 Å². The van der Waals surface area contributed by atoms with Crippen LogP contribution in [0, 0.1) is 0 Å².